The van der Waals surface area contributed by atoms with Crippen molar-refractivity contribution < 1.29 is 13.2 Å². The van der Waals surface area contributed by atoms with E-state index in [9.17, 15) is 8.42 Å². The van der Waals surface area contributed by atoms with Gasteiger partial charge in [-0.15, -0.1) is 0 Å². The minimum atomic E-state index is -3.85. The Bertz CT molecular complexity index is 409. The molecule has 0 fully saturated rings. The Morgan fingerprint density at radius 1 is 1.60 bits per heavy atom. The highest BCUT2D eigenvalue weighted by atomic mass is 32.2. The first-order chi connectivity index (χ1) is 6.73. The van der Waals surface area contributed by atoms with Crippen LogP contribution in [-0.2, 0) is 14.8 Å². The minimum absolute atomic E-state index is 0.403. The van der Waals surface area contributed by atoms with Crippen molar-refractivity contribution in [2.75, 3.05) is 13.2 Å². The Morgan fingerprint density at radius 3 is 2.67 bits per heavy atom. The molecule has 0 saturated carbocycles. The van der Waals surface area contributed by atoms with E-state index < -0.39 is 20.7 Å². The molecule has 1 rings (SSSR count). The number of nitrogens with zero attached hydrogens (tertiary/aromatic N) is 1. The number of hydrogen-bond donors (Lipinski definition) is 2. The Kier molecular flexibility index (Phi) is 3.17. The van der Waals surface area contributed by atoms with Crippen LogP contribution >= 0.6 is 0 Å². The molecular weight excluding hydrogens is 218 g/mol. The van der Waals surface area contributed by atoms with Gasteiger partial charge in [-0.05, 0) is 19.9 Å². The summed E-state index contributed by atoms with van der Waals surface area (Å²) in [5.41, 5.74) is 5.17. The van der Waals surface area contributed by atoms with Gasteiger partial charge in [-0.1, -0.05) is 0 Å². The highest BCUT2D eigenvalue weighted by Crippen LogP contribution is 2.17. The van der Waals surface area contributed by atoms with E-state index in [1.165, 1.54) is 6.08 Å². The molecule has 1 heterocycles. The van der Waals surface area contributed by atoms with Crippen LogP contribution in [0.1, 0.15) is 13.8 Å². The van der Waals surface area contributed by atoms with E-state index in [2.05, 4.69) is 4.99 Å². The second-order valence-corrected chi connectivity index (χ2v) is 5.28. The lowest BCUT2D eigenvalue weighted by atomic mass is 10.0. The first-order valence-corrected chi connectivity index (χ1v) is 5.97. The maximum absolute atomic E-state index is 10.9. The molecule has 1 aliphatic heterocycles. The first-order valence-electron chi connectivity index (χ1n) is 4.42. The summed E-state index contributed by atoms with van der Waals surface area (Å²) in [4.78, 5) is 4.15. The molecule has 0 aromatic carbocycles. The van der Waals surface area contributed by atoms with Crippen LogP contribution in [0.15, 0.2) is 16.1 Å². The molecular formula is C8H15N3O3S. The van der Waals surface area contributed by atoms with E-state index in [1.54, 1.807) is 13.8 Å². The van der Waals surface area contributed by atoms with Crippen LogP contribution in [0.25, 0.3) is 0 Å². The van der Waals surface area contributed by atoms with E-state index in [4.69, 9.17) is 15.6 Å². The third-order valence-corrected chi connectivity index (χ3v) is 2.84. The fourth-order valence-corrected chi connectivity index (χ4v) is 1.44. The summed E-state index contributed by atoms with van der Waals surface area (Å²) >= 11 is 0. The minimum Gasteiger partial charge on any atom is -0.388 e. The maximum Gasteiger partial charge on any atom is 0.253 e. The van der Waals surface area contributed by atoms with Gasteiger partial charge in [-0.25, -0.2) is 13.6 Å². The standard InChI is InChI=1S/C8H15N3O3S/c1-8(2)6(11-3-4-14-8)5-7(9)15(10,12)13/h5H,3-4,9H2,1-2H3,(H2,10,12,13). The quantitative estimate of drug-likeness (QED) is 0.659. The summed E-state index contributed by atoms with van der Waals surface area (Å²) in [7, 11) is -3.85. The summed E-state index contributed by atoms with van der Waals surface area (Å²) < 4.78 is 27.2. The molecule has 7 heteroatoms. The molecule has 0 aromatic heterocycles. The van der Waals surface area contributed by atoms with Gasteiger partial charge < -0.3 is 10.5 Å². The highest BCUT2D eigenvalue weighted by Gasteiger charge is 2.28. The monoisotopic (exact) mass is 233 g/mol. The summed E-state index contributed by atoms with van der Waals surface area (Å²) in [6, 6.07) is 0. The molecule has 0 aromatic rings. The Morgan fingerprint density at radius 2 is 2.20 bits per heavy atom. The molecule has 0 amide bonds. The Hall–Kier alpha value is -0.920. The van der Waals surface area contributed by atoms with Crippen LogP contribution in [0.4, 0.5) is 0 Å². The van der Waals surface area contributed by atoms with Gasteiger partial charge in [-0.3, -0.25) is 4.99 Å². The van der Waals surface area contributed by atoms with Gasteiger partial charge in [0.15, 0.2) is 0 Å². The molecule has 1 aliphatic rings. The van der Waals surface area contributed by atoms with Gasteiger partial charge in [0, 0.05) is 0 Å². The molecule has 0 saturated heterocycles. The normalized spacial score (nSPS) is 22.3. The number of ether oxygens (including phenoxy) is 1. The molecule has 0 bridgehead atoms. The zero-order valence-electron chi connectivity index (χ0n) is 8.73. The van der Waals surface area contributed by atoms with E-state index in [0.717, 1.165) is 0 Å². The lowest BCUT2D eigenvalue weighted by Crippen LogP contribution is -2.39. The van der Waals surface area contributed by atoms with Crippen LogP contribution < -0.4 is 10.9 Å². The van der Waals surface area contributed by atoms with Crippen molar-refractivity contribution in [3.63, 3.8) is 0 Å². The molecule has 0 aliphatic carbocycles. The van der Waals surface area contributed by atoms with Crippen molar-refractivity contribution in [3.05, 3.63) is 11.1 Å². The highest BCUT2D eigenvalue weighted by molar-refractivity contribution is 7.93. The van der Waals surface area contributed by atoms with Crippen molar-refractivity contribution in [2.45, 2.75) is 19.4 Å². The molecule has 4 N–H and O–H groups in total. The van der Waals surface area contributed by atoms with Crippen molar-refractivity contribution >= 4 is 15.7 Å². The van der Waals surface area contributed by atoms with Gasteiger partial charge in [0.05, 0.1) is 18.9 Å². The fraction of sp³-hybridized carbons (Fsp3) is 0.625. The second kappa shape index (κ2) is 3.92. The average molecular weight is 233 g/mol. The zero-order chi connectivity index (χ0) is 11.7. The van der Waals surface area contributed by atoms with Crippen LogP contribution in [0.5, 0.6) is 0 Å². The lowest BCUT2D eigenvalue weighted by molar-refractivity contribution is 0.0322. The summed E-state index contributed by atoms with van der Waals surface area (Å²) in [5, 5.41) is 4.46. The summed E-state index contributed by atoms with van der Waals surface area (Å²) in [5.74, 6) is 0. The molecule has 0 spiro atoms. The third kappa shape index (κ3) is 3.01. The molecule has 6 nitrogen and oxygen atoms in total. The number of nitrogens with two attached hydrogens (primary N) is 2. The molecule has 0 unspecified atom stereocenters. The Balaban J connectivity index is 3.05. The largest absolute Gasteiger partial charge is 0.388 e. The number of aliphatic imine (C=N–C) groups is 1. The number of hydrogen-bond acceptors (Lipinski definition) is 5. The van der Waals surface area contributed by atoms with Crippen LogP contribution in [-0.4, -0.2) is 32.9 Å². The van der Waals surface area contributed by atoms with Crippen LogP contribution in [0.2, 0.25) is 0 Å². The summed E-state index contributed by atoms with van der Waals surface area (Å²) in [6.07, 6.45) is 1.24. The summed E-state index contributed by atoms with van der Waals surface area (Å²) in [6.45, 7) is 4.59. The lowest BCUT2D eigenvalue weighted by Gasteiger charge is -2.29. The fourth-order valence-electron chi connectivity index (χ4n) is 1.17. The predicted molar refractivity (Wildman–Crippen MR) is 57.7 cm³/mol. The predicted octanol–water partition coefficient (Wildman–Crippen LogP) is -0.675. The molecule has 15 heavy (non-hydrogen) atoms. The van der Waals surface area contributed by atoms with Gasteiger partial charge >= 0.3 is 0 Å². The molecule has 0 atom stereocenters. The third-order valence-electron chi connectivity index (χ3n) is 2.06. The zero-order valence-corrected chi connectivity index (χ0v) is 9.54. The maximum atomic E-state index is 10.9. The first kappa shape index (κ1) is 12.2. The van der Waals surface area contributed by atoms with Gasteiger partial charge in [0.1, 0.15) is 10.6 Å². The van der Waals surface area contributed by atoms with Crippen molar-refractivity contribution in [3.8, 4) is 0 Å². The number of primary sulfonamides is 1. The van der Waals surface area contributed by atoms with Gasteiger partial charge in [0.25, 0.3) is 10.0 Å². The van der Waals surface area contributed by atoms with Crippen LogP contribution in [0.3, 0.4) is 0 Å². The van der Waals surface area contributed by atoms with E-state index in [1.807, 2.05) is 0 Å². The topological polar surface area (TPSA) is 108 Å². The van der Waals surface area contributed by atoms with Crippen molar-refractivity contribution in [2.24, 2.45) is 15.9 Å². The van der Waals surface area contributed by atoms with Gasteiger partial charge in [0.2, 0.25) is 0 Å². The SMILES string of the molecule is CC1(C)OCCN=C1C=C(N)S(N)(=O)=O. The van der Waals surface area contributed by atoms with E-state index >= 15 is 0 Å². The smallest absolute Gasteiger partial charge is 0.253 e. The van der Waals surface area contributed by atoms with Crippen molar-refractivity contribution in [1.29, 1.82) is 0 Å². The molecule has 86 valence electrons. The van der Waals surface area contributed by atoms with Crippen LogP contribution in [0, 0.1) is 0 Å². The van der Waals surface area contributed by atoms with Gasteiger partial charge in [-0.2, -0.15) is 0 Å². The Labute approximate surface area is 89.0 Å². The van der Waals surface area contributed by atoms with E-state index in [0.29, 0.717) is 18.9 Å². The number of rotatable bonds is 2. The average Bonchev–Trinajstić information content (AvgIpc) is 2.06. The van der Waals surface area contributed by atoms with E-state index in [-0.39, 0.29) is 0 Å². The van der Waals surface area contributed by atoms with Crippen molar-refractivity contribution in [1.82, 2.24) is 0 Å². The second-order valence-electron chi connectivity index (χ2n) is 3.72. The molecule has 0 radical (unpaired) electrons. The number of sulfonamides is 1.